The molecule has 2 aromatic rings. The maximum Gasteiger partial charge on any atom is 0.103 e. The Morgan fingerprint density at radius 1 is 1.42 bits per heavy atom. The number of thiazole rings is 1. The first kappa shape index (κ1) is 12.5. The first-order valence-electron chi connectivity index (χ1n) is 6.69. The maximum atomic E-state index is 4.84. The number of aromatic nitrogens is 2. The molecule has 0 bridgehead atoms. The fourth-order valence-electron chi connectivity index (χ4n) is 2.49. The van der Waals surface area contributed by atoms with E-state index in [-0.39, 0.29) is 5.41 Å². The van der Waals surface area contributed by atoms with Crippen molar-refractivity contribution in [1.82, 2.24) is 9.97 Å². The lowest BCUT2D eigenvalue weighted by Crippen LogP contribution is -2.13. The van der Waals surface area contributed by atoms with Gasteiger partial charge < -0.3 is 0 Å². The third kappa shape index (κ3) is 2.12. The Balaban J connectivity index is 1.93. The summed E-state index contributed by atoms with van der Waals surface area (Å²) in [6.07, 6.45) is 6.06. The Morgan fingerprint density at radius 3 is 2.79 bits per heavy atom. The van der Waals surface area contributed by atoms with E-state index in [2.05, 4.69) is 36.9 Å². The van der Waals surface area contributed by atoms with Crippen LogP contribution in [0.25, 0.3) is 11.3 Å². The van der Waals surface area contributed by atoms with Crippen LogP contribution in [-0.4, -0.2) is 9.97 Å². The van der Waals surface area contributed by atoms with E-state index in [1.54, 1.807) is 17.5 Å². The van der Waals surface area contributed by atoms with E-state index in [0.717, 1.165) is 11.3 Å². The zero-order valence-corrected chi connectivity index (χ0v) is 12.2. The predicted octanol–water partition coefficient (Wildman–Crippen LogP) is 4.45. The fourth-order valence-corrected chi connectivity index (χ4v) is 3.61. The van der Waals surface area contributed by atoms with Crippen LogP contribution < -0.4 is 0 Å². The highest BCUT2D eigenvalue weighted by molar-refractivity contribution is 7.10. The quantitative estimate of drug-likeness (QED) is 0.767. The summed E-state index contributed by atoms with van der Waals surface area (Å²) in [5.74, 6) is 0.522. The molecule has 0 saturated heterocycles. The lowest BCUT2D eigenvalue weighted by Gasteiger charge is -2.19. The van der Waals surface area contributed by atoms with Gasteiger partial charge in [-0.25, -0.2) is 4.98 Å². The SMILES string of the molecule is C=C(C(C)C)C1(c2nc(-c3cccnc3)cs2)CC1. The van der Waals surface area contributed by atoms with Crippen molar-refractivity contribution in [1.29, 1.82) is 0 Å². The van der Waals surface area contributed by atoms with Crippen LogP contribution in [0.2, 0.25) is 0 Å². The molecule has 2 aromatic heterocycles. The Kier molecular flexibility index (Phi) is 3.02. The van der Waals surface area contributed by atoms with Crippen molar-refractivity contribution >= 4 is 11.3 Å². The zero-order valence-electron chi connectivity index (χ0n) is 11.4. The molecule has 0 unspecified atom stereocenters. The van der Waals surface area contributed by atoms with Gasteiger partial charge in [0, 0.05) is 28.8 Å². The summed E-state index contributed by atoms with van der Waals surface area (Å²) in [5.41, 5.74) is 3.63. The second-order valence-electron chi connectivity index (χ2n) is 5.54. The van der Waals surface area contributed by atoms with Gasteiger partial charge >= 0.3 is 0 Å². The van der Waals surface area contributed by atoms with Crippen LogP contribution >= 0.6 is 11.3 Å². The van der Waals surface area contributed by atoms with Crippen molar-refractivity contribution in [3.63, 3.8) is 0 Å². The van der Waals surface area contributed by atoms with Crippen LogP contribution in [0.5, 0.6) is 0 Å². The van der Waals surface area contributed by atoms with Crippen molar-refractivity contribution < 1.29 is 0 Å². The Morgan fingerprint density at radius 2 is 2.21 bits per heavy atom. The largest absolute Gasteiger partial charge is 0.264 e. The van der Waals surface area contributed by atoms with Crippen molar-refractivity contribution in [2.24, 2.45) is 5.92 Å². The van der Waals surface area contributed by atoms with Gasteiger partial charge in [0.2, 0.25) is 0 Å². The predicted molar refractivity (Wildman–Crippen MR) is 80.2 cm³/mol. The average molecular weight is 270 g/mol. The number of hydrogen-bond acceptors (Lipinski definition) is 3. The minimum atomic E-state index is 0.166. The first-order chi connectivity index (χ1) is 9.13. The van der Waals surface area contributed by atoms with E-state index in [4.69, 9.17) is 4.98 Å². The van der Waals surface area contributed by atoms with Crippen LogP contribution in [0.1, 0.15) is 31.7 Å². The molecule has 0 aliphatic heterocycles. The van der Waals surface area contributed by atoms with Crippen LogP contribution in [0.4, 0.5) is 0 Å². The van der Waals surface area contributed by atoms with Gasteiger partial charge in [0.1, 0.15) is 5.01 Å². The molecule has 3 rings (SSSR count). The maximum absolute atomic E-state index is 4.84. The molecule has 98 valence electrons. The highest BCUT2D eigenvalue weighted by Gasteiger charge is 2.49. The molecule has 19 heavy (non-hydrogen) atoms. The minimum absolute atomic E-state index is 0.166. The van der Waals surface area contributed by atoms with E-state index in [1.165, 1.54) is 23.4 Å². The number of hydrogen-bond donors (Lipinski definition) is 0. The van der Waals surface area contributed by atoms with Crippen molar-refractivity contribution in [2.75, 3.05) is 0 Å². The molecular weight excluding hydrogens is 252 g/mol. The molecular formula is C16H18N2S. The molecule has 0 atom stereocenters. The van der Waals surface area contributed by atoms with Gasteiger partial charge in [-0.05, 0) is 30.9 Å². The molecule has 0 radical (unpaired) electrons. The summed E-state index contributed by atoms with van der Waals surface area (Å²) in [4.78, 5) is 8.99. The lowest BCUT2D eigenvalue weighted by molar-refractivity contribution is 0.649. The van der Waals surface area contributed by atoms with Gasteiger partial charge in [0.15, 0.2) is 0 Å². The lowest BCUT2D eigenvalue weighted by atomic mass is 9.89. The topological polar surface area (TPSA) is 25.8 Å². The second-order valence-corrected chi connectivity index (χ2v) is 6.40. The first-order valence-corrected chi connectivity index (χ1v) is 7.57. The summed E-state index contributed by atoms with van der Waals surface area (Å²) < 4.78 is 0. The monoisotopic (exact) mass is 270 g/mol. The molecule has 1 aliphatic carbocycles. The van der Waals surface area contributed by atoms with E-state index in [0.29, 0.717) is 5.92 Å². The molecule has 1 saturated carbocycles. The fraction of sp³-hybridized carbons (Fsp3) is 0.375. The second kappa shape index (κ2) is 4.57. The molecule has 3 heteroatoms. The number of allylic oxidation sites excluding steroid dienone is 1. The molecule has 1 fully saturated rings. The summed E-state index contributed by atoms with van der Waals surface area (Å²) in [5, 5.41) is 3.37. The Labute approximate surface area is 118 Å². The summed E-state index contributed by atoms with van der Waals surface area (Å²) in [6.45, 7) is 8.74. The van der Waals surface area contributed by atoms with E-state index >= 15 is 0 Å². The normalized spacial score (nSPS) is 16.6. The molecule has 0 aromatic carbocycles. The van der Waals surface area contributed by atoms with E-state index in [1.807, 2.05) is 12.3 Å². The summed E-state index contributed by atoms with van der Waals surface area (Å²) in [6, 6.07) is 4.01. The average Bonchev–Trinajstić information content (AvgIpc) is 3.09. The zero-order chi connectivity index (χ0) is 13.5. The molecule has 0 spiro atoms. The molecule has 2 heterocycles. The Bertz CT molecular complexity index is 594. The van der Waals surface area contributed by atoms with Gasteiger partial charge in [-0.2, -0.15) is 0 Å². The van der Waals surface area contributed by atoms with E-state index in [9.17, 15) is 0 Å². The van der Waals surface area contributed by atoms with Gasteiger partial charge in [-0.1, -0.05) is 26.0 Å². The third-order valence-corrected chi connectivity index (χ3v) is 4.98. The van der Waals surface area contributed by atoms with E-state index < -0.39 is 0 Å². The van der Waals surface area contributed by atoms with Gasteiger partial charge in [0.05, 0.1) is 5.69 Å². The van der Waals surface area contributed by atoms with Crippen molar-refractivity contribution in [3.05, 3.63) is 47.1 Å². The standard InChI is InChI=1S/C16H18N2S/c1-11(2)12(3)16(6-7-16)15-18-14(10-19-15)13-5-4-8-17-9-13/h4-5,8-11H,3,6-7H2,1-2H3. The summed E-state index contributed by atoms with van der Waals surface area (Å²) in [7, 11) is 0. The molecule has 2 nitrogen and oxygen atoms in total. The van der Waals surface area contributed by atoms with Gasteiger partial charge in [-0.3, -0.25) is 4.98 Å². The van der Waals surface area contributed by atoms with Crippen LogP contribution in [0.15, 0.2) is 42.1 Å². The minimum Gasteiger partial charge on any atom is -0.264 e. The molecule has 0 N–H and O–H groups in total. The van der Waals surface area contributed by atoms with Crippen LogP contribution in [-0.2, 0) is 5.41 Å². The highest BCUT2D eigenvalue weighted by atomic mass is 32.1. The number of pyridine rings is 1. The molecule has 1 aliphatic rings. The molecule has 0 amide bonds. The van der Waals surface area contributed by atoms with Crippen LogP contribution in [0, 0.1) is 5.92 Å². The highest BCUT2D eigenvalue weighted by Crippen LogP contribution is 2.56. The van der Waals surface area contributed by atoms with Crippen molar-refractivity contribution in [2.45, 2.75) is 32.1 Å². The van der Waals surface area contributed by atoms with Crippen LogP contribution in [0.3, 0.4) is 0 Å². The number of rotatable bonds is 4. The van der Waals surface area contributed by atoms with Crippen molar-refractivity contribution in [3.8, 4) is 11.3 Å². The Hall–Kier alpha value is -1.48. The van der Waals surface area contributed by atoms with Gasteiger partial charge in [0.25, 0.3) is 0 Å². The number of nitrogens with zero attached hydrogens (tertiary/aromatic N) is 2. The third-order valence-electron chi connectivity index (χ3n) is 3.93. The summed E-state index contributed by atoms with van der Waals surface area (Å²) >= 11 is 1.76. The van der Waals surface area contributed by atoms with Gasteiger partial charge in [-0.15, -0.1) is 11.3 Å². The smallest absolute Gasteiger partial charge is 0.103 e.